The third-order valence-corrected chi connectivity index (χ3v) is 4.71. The number of ether oxygens (including phenoxy) is 1. The lowest BCUT2D eigenvalue weighted by atomic mass is 9.97. The van der Waals surface area contributed by atoms with Gasteiger partial charge in [0.05, 0.1) is 18.2 Å². The van der Waals surface area contributed by atoms with E-state index in [4.69, 9.17) is 10.00 Å². The first-order valence-corrected chi connectivity index (χ1v) is 8.20. The molecule has 2 atom stereocenters. The topological polar surface area (TPSA) is 74.1 Å². The fraction of sp³-hybridized carbons (Fsp3) is 0.389. The molecule has 1 spiro atoms. The lowest BCUT2D eigenvalue weighted by Gasteiger charge is -2.24. The Morgan fingerprint density at radius 3 is 3.08 bits per heavy atom. The Morgan fingerprint density at radius 2 is 2.25 bits per heavy atom. The van der Waals surface area contributed by atoms with Crippen LogP contribution in [0.1, 0.15) is 18.5 Å². The van der Waals surface area contributed by atoms with E-state index < -0.39 is 0 Å². The Bertz CT molecular complexity index is 760. The van der Waals surface area contributed by atoms with Crippen molar-refractivity contribution in [1.29, 1.82) is 5.26 Å². The van der Waals surface area contributed by atoms with Crippen molar-refractivity contribution in [2.24, 2.45) is 0 Å². The average Bonchev–Trinajstić information content (AvgIpc) is 3.23. The molecular formula is C18H19N5O. The van der Waals surface area contributed by atoms with Crippen LogP contribution in [-0.2, 0) is 4.74 Å². The second-order valence-corrected chi connectivity index (χ2v) is 6.42. The highest BCUT2D eigenvalue weighted by atomic mass is 16.5. The lowest BCUT2D eigenvalue weighted by Crippen LogP contribution is -2.33. The van der Waals surface area contributed by atoms with Crippen molar-refractivity contribution in [2.45, 2.75) is 24.5 Å². The minimum Gasteiger partial charge on any atom is -0.371 e. The summed E-state index contributed by atoms with van der Waals surface area (Å²) in [5, 5.41) is 12.4. The molecular weight excluding hydrogens is 302 g/mol. The van der Waals surface area contributed by atoms with E-state index in [1.54, 1.807) is 6.07 Å². The van der Waals surface area contributed by atoms with Gasteiger partial charge in [-0.25, -0.2) is 9.97 Å². The first-order chi connectivity index (χ1) is 11.8. The highest BCUT2D eigenvalue weighted by Gasteiger charge is 2.45. The Balaban J connectivity index is 1.40. The summed E-state index contributed by atoms with van der Waals surface area (Å²) >= 11 is 0. The molecule has 2 fully saturated rings. The molecule has 0 bridgehead atoms. The molecule has 2 aliphatic heterocycles. The van der Waals surface area contributed by atoms with E-state index in [0.717, 1.165) is 37.6 Å². The smallest absolute Gasteiger partial charge is 0.142 e. The van der Waals surface area contributed by atoms with Crippen molar-refractivity contribution >= 4 is 11.6 Å². The van der Waals surface area contributed by atoms with Crippen molar-refractivity contribution in [3.05, 3.63) is 48.3 Å². The zero-order chi connectivity index (χ0) is 16.4. The zero-order valence-electron chi connectivity index (χ0n) is 13.4. The summed E-state index contributed by atoms with van der Waals surface area (Å²) in [4.78, 5) is 11.0. The van der Waals surface area contributed by atoms with Crippen molar-refractivity contribution in [3.8, 4) is 6.07 Å². The van der Waals surface area contributed by atoms with Gasteiger partial charge in [0.2, 0.25) is 0 Å². The van der Waals surface area contributed by atoms with Crippen LogP contribution in [-0.4, -0.2) is 41.3 Å². The van der Waals surface area contributed by atoms with Gasteiger partial charge in [-0.15, -0.1) is 0 Å². The molecule has 0 radical (unpaired) electrons. The van der Waals surface area contributed by atoms with Gasteiger partial charge >= 0.3 is 0 Å². The standard InChI is InChI=1S/C18H19N5O/c19-11-14-4-3-5-16(21-14)22-15-10-18(24-12-15)7-9-23(13-18)17-6-1-2-8-20-17/h1-6,8,15H,7,9-10,12-13H2,(H,21,22). The number of hydrogen-bond acceptors (Lipinski definition) is 6. The molecule has 122 valence electrons. The van der Waals surface area contributed by atoms with Gasteiger partial charge < -0.3 is 15.0 Å². The van der Waals surface area contributed by atoms with Crippen molar-refractivity contribution in [2.75, 3.05) is 29.9 Å². The first kappa shape index (κ1) is 14.9. The predicted molar refractivity (Wildman–Crippen MR) is 90.7 cm³/mol. The van der Waals surface area contributed by atoms with E-state index in [2.05, 4.69) is 26.3 Å². The number of nitrogens with zero attached hydrogens (tertiary/aromatic N) is 4. The van der Waals surface area contributed by atoms with Crippen LogP contribution in [0.2, 0.25) is 0 Å². The molecule has 0 aliphatic carbocycles. The van der Waals surface area contributed by atoms with Crippen molar-refractivity contribution < 1.29 is 4.74 Å². The SMILES string of the molecule is N#Cc1cccc(NC2COC3(CCN(c4ccccn4)C3)C2)n1. The number of hydrogen-bond donors (Lipinski definition) is 1. The van der Waals surface area contributed by atoms with Crippen LogP contribution in [0.5, 0.6) is 0 Å². The van der Waals surface area contributed by atoms with E-state index in [-0.39, 0.29) is 11.6 Å². The van der Waals surface area contributed by atoms with Gasteiger partial charge in [0, 0.05) is 25.7 Å². The van der Waals surface area contributed by atoms with Gasteiger partial charge in [0.25, 0.3) is 0 Å². The molecule has 1 N–H and O–H groups in total. The van der Waals surface area contributed by atoms with Crippen LogP contribution in [0.3, 0.4) is 0 Å². The molecule has 0 saturated carbocycles. The molecule has 2 unspecified atom stereocenters. The minimum atomic E-state index is -0.109. The van der Waals surface area contributed by atoms with E-state index in [9.17, 15) is 0 Å². The maximum Gasteiger partial charge on any atom is 0.142 e. The zero-order valence-corrected chi connectivity index (χ0v) is 13.4. The maximum absolute atomic E-state index is 8.95. The Hall–Kier alpha value is -2.65. The quantitative estimate of drug-likeness (QED) is 0.934. The molecule has 2 aliphatic rings. The van der Waals surface area contributed by atoms with Crippen LogP contribution < -0.4 is 10.2 Å². The highest BCUT2D eigenvalue weighted by Crippen LogP contribution is 2.37. The van der Waals surface area contributed by atoms with Gasteiger partial charge in [-0.3, -0.25) is 0 Å². The van der Waals surface area contributed by atoms with Gasteiger partial charge in [0.15, 0.2) is 0 Å². The summed E-state index contributed by atoms with van der Waals surface area (Å²) in [5.74, 6) is 1.75. The number of aromatic nitrogens is 2. The van der Waals surface area contributed by atoms with Crippen LogP contribution in [0.15, 0.2) is 42.6 Å². The van der Waals surface area contributed by atoms with Crippen molar-refractivity contribution in [3.63, 3.8) is 0 Å². The van der Waals surface area contributed by atoms with Crippen LogP contribution in [0.25, 0.3) is 0 Å². The fourth-order valence-corrected chi connectivity index (χ4v) is 3.59. The summed E-state index contributed by atoms with van der Waals surface area (Å²) in [6.45, 7) is 2.49. The van der Waals surface area contributed by atoms with Crippen LogP contribution in [0.4, 0.5) is 11.6 Å². The monoisotopic (exact) mass is 321 g/mol. The van der Waals surface area contributed by atoms with Crippen molar-refractivity contribution in [1.82, 2.24) is 9.97 Å². The Labute approximate surface area is 141 Å². The molecule has 2 saturated heterocycles. The van der Waals surface area contributed by atoms with E-state index in [0.29, 0.717) is 12.3 Å². The minimum absolute atomic E-state index is 0.109. The normalized spacial score (nSPS) is 25.8. The summed E-state index contributed by atoms with van der Waals surface area (Å²) in [5.41, 5.74) is 0.318. The number of anilines is 2. The number of rotatable bonds is 3. The molecule has 6 heteroatoms. The molecule has 0 aromatic carbocycles. The summed E-state index contributed by atoms with van der Waals surface area (Å²) < 4.78 is 6.17. The van der Waals surface area contributed by atoms with E-state index in [1.807, 2.05) is 36.5 Å². The third kappa shape index (κ3) is 2.91. The molecule has 4 heterocycles. The molecule has 4 rings (SSSR count). The summed E-state index contributed by atoms with van der Waals surface area (Å²) in [6, 6.07) is 13.7. The van der Waals surface area contributed by atoms with Crippen LogP contribution in [0, 0.1) is 11.3 Å². The number of nitrogens with one attached hydrogen (secondary N) is 1. The molecule has 6 nitrogen and oxygen atoms in total. The largest absolute Gasteiger partial charge is 0.371 e. The Morgan fingerprint density at radius 1 is 1.29 bits per heavy atom. The average molecular weight is 321 g/mol. The first-order valence-electron chi connectivity index (χ1n) is 8.20. The Kier molecular flexibility index (Phi) is 3.79. The number of pyridine rings is 2. The van der Waals surface area contributed by atoms with E-state index in [1.165, 1.54) is 0 Å². The molecule has 24 heavy (non-hydrogen) atoms. The maximum atomic E-state index is 8.95. The molecule has 2 aromatic heterocycles. The molecule has 2 aromatic rings. The second kappa shape index (κ2) is 6.10. The van der Waals surface area contributed by atoms with Crippen LogP contribution >= 0.6 is 0 Å². The molecule has 0 amide bonds. The van der Waals surface area contributed by atoms with E-state index >= 15 is 0 Å². The summed E-state index contributed by atoms with van der Waals surface area (Å²) in [7, 11) is 0. The number of nitriles is 1. The second-order valence-electron chi connectivity index (χ2n) is 6.42. The van der Waals surface area contributed by atoms with Gasteiger partial charge in [-0.2, -0.15) is 5.26 Å². The predicted octanol–water partition coefficient (Wildman–Crippen LogP) is 2.20. The summed E-state index contributed by atoms with van der Waals surface area (Å²) in [6.07, 6.45) is 3.77. The van der Waals surface area contributed by atoms with Gasteiger partial charge in [-0.05, 0) is 30.7 Å². The van der Waals surface area contributed by atoms with Gasteiger partial charge in [-0.1, -0.05) is 12.1 Å². The fourth-order valence-electron chi connectivity index (χ4n) is 3.59. The highest BCUT2D eigenvalue weighted by molar-refractivity contribution is 5.42. The lowest BCUT2D eigenvalue weighted by molar-refractivity contribution is 0.0228. The third-order valence-electron chi connectivity index (χ3n) is 4.71. The van der Waals surface area contributed by atoms with Gasteiger partial charge in [0.1, 0.15) is 23.4 Å².